The molecule has 1 aliphatic rings. The number of nitrogens with one attached hydrogen (secondary N) is 3. The van der Waals surface area contributed by atoms with E-state index in [4.69, 9.17) is 4.74 Å². The molecule has 0 aliphatic carbocycles. The highest BCUT2D eigenvalue weighted by Crippen LogP contribution is 2.27. The van der Waals surface area contributed by atoms with Crippen molar-refractivity contribution < 1.29 is 13.9 Å². The third kappa shape index (κ3) is 4.49. The van der Waals surface area contributed by atoms with Gasteiger partial charge in [-0.25, -0.2) is 9.82 Å². The molecule has 2 aromatic carbocycles. The Morgan fingerprint density at radius 3 is 2.61 bits per heavy atom. The van der Waals surface area contributed by atoms with Gasteiger partial charge in [0, 0.05) is 24.6 Å². The lowest BCUT2D eigenvalue weighted by Crippen LogP contribution is -2.40. The fourth-order valence-electron chi connectivity index (χ4n) is 3.57. The van der Waals surface area contributed by atoms with Crippen LogP contribution >= 0.6 is 0 Å². The van der Waals surface area contributed by atoms with Gasteiger partial charge in [0.05, 0.1) is 13.2 Å². The molecule has 0 aromatic heterocycles. The molecule has 1 aliphatic heterocycles. The zero-order chi connectivity index (χ0) is 20.1. The normalized spacial score (nSPS) is 20.2. The molecule has 1 heterocycles. The van der Waals surface area contributed by atoms with Crippen molar-refractivity contribution in [2.24, 2.45) is 5.92 Å². The molecule has 28 heavy (non-hydrogen) atoms. The summed E-state index contributed by atoms with van der Waals surface area (Å²) in [5.41, 5.74) is 7.92. The molecule has 3 atom stereocenters. The number of likely N-dealkylation sites (N-methyl/N-ethyl adjacent to an activating group) is 1. The Labute approximate surface area is 165 Å². The van der Waals surface area contributed by atoms with Crippen LogP contribution in [-0.2, 0) is 4.79 Å². The van der Waals surface area contributed by atoms with E-state index in [0.29, 0.717) is 12.1 Å². The van der Waals surface area contributed by atoms with E-state index in [-0.39, 0.29) is 23.7 Å². The van der Waals surface area contributed by atoms with Crippen LogP contribution in [0.4, 0.5) is 4.39 Å². The van der Waals surface area contributed by atoms with Crippen LogP contribution in [-0.4, -0.2) is 45.1 Å². The standard InChI is InChI=1S/C21H27FN4O2/c1-26(2)20(17-6-4-5-7-18(17)22)21(27)23-12-15-13-24-25-19(15)14-8-10-16(28-3)11-9-14/h4-11,15,19-20,24-25H,12-13H2,1-3H3,(H,23,27). The van der Waals surface area contributed by atoms with E-state index < -0.39 is 6.04 Å². The van der Waals surface area contributed by atoms with E-state index in [1.807, 2.05) is 24.3 Å². The van der Waals surface area contributed by atoms with Crippen LogP contribution in [0.2, 0.25) is 0 Å². The lowest BCUT2D eigenvalue weighted by atomic mass is 9.94. The van der Waals surface area contributed by atoms with Crippen LogP contribution in [0, 0.1) is 11.7 Å². The first kappa shape index (κ1) is 20.3. The van der Waals surface area contributed by atoms with Gasteiger partial charge < -0.3 is 10.1 Å². The lowest BCUT2D eigenvalue weighted by Gasteiger charge is -2.26. The second-order valence-electron chi connectivity index (χ2n) is 7.17. The molecule has 0 spiro atoms. The smallest absolute Gasteiger partial charge is 0.242 e. The van der Waals surface area contributed by atoms with Gasteiger partial charge >= 0.3 is 0 Å². The van der Waals surface area contributed by atoms with Crippen molar-refractivity contribution in [3.05, 3.63) is 65.5 Å². The molecule has 0 bridgehead atoms. The van der Waals surface area contributed by atoms with Crippen LogP contribution in [0.15, 0.2) is 48.5 Å². The first-order chi connectivity index (χ1) is 13.5. The highest BCUT2D eigenvalue weighted by Gasteiger charge is 2.31. The number of carbonyl (C=O) groups excluding carboxylic acids is 1. The maximum Gasteiger partial charge on any atom is 0.242 e. The molecule has 1 fully saturated rings. The maximum absolute atomic E-state index is 14.2. The average molecular weight is 386 g/mol. The van der Waals surface area contributed by atoms with Gasteiger partial charge in [-0.3, -0.25) is 15.1 Å². The number of halogens is 1. The van der Waals surface area contributed by atoms with Crippen LogP contribution in [0.25, 0.3) is 0 Å². The second-order valence-corrected chi connectivity index (χ2v) is 7.17. The van der Waals surface area contributed by atoms with E-state index in [9.17, 15) is 9.18 Å². The Hall–Kier alpha value is -2.48. The predicted molar refractivity (Wildman–Crippen MR) is 106 cm³/mol. The summed E-state index contributed by atoms with van der Waals surface area (Å²) in [5.74, 6) is 0.381. The molecule has 1 saturated heterocycles. The van der Waals surface area contributed by atoms with Gasteiger partial charge in [0.25, 0.3) is 0 Å². The molecular weight excluding hydrogens is 359 g/mol. The SMILES string of the molecule is COc1ccc(C2NNCC2CNC(=O)C(c2ccccc2F)N(C)C)cc1. The number of hydrogen-bond donors (Lipinski definition) is 3. The first-order valence-electron chi connectivity index (χ1n) is 9.32. The van der Waals surface area contributed by atoms with E-state index in [0.717, 1.165) is 17.9 Å². The van der Waals surface area contributed by atoms with Crippen molar-refractivity contribution >= 4 is 5.91 Å². The average Bonchev–Trinajstić information content (AvgIpc) is 3.16. The molecule has 150 valence electrons. The number of methoxy groups -OCH3 is 1. The third-order valence-electron chi connectivity index (χ3n) is 5.07. The van der Waals surface area contributed by atoms with Crippen LogP contribution in [0.3, 0.4) is 0 Å². The Morgan fingerprint density at radius 1 is 1.25 bits per heavy atom. The van der Waals surface area contributed by atoms with E-state index in [2.05, 4.69) is 16.2 Å². The molecule has 3 unspecified atom stereocenters. The molecule has 6 nitrogen and oxygen atoms in total. The highest BCUT2D eigenvalue weighted by atomic mass is 19.1. The predicted octanol–water partition coefficient (Wildman–Crippen LogP) is 2.02. The molecule has 0 saturated carbocycles. The fourth-order valence-corrected chi connectivity index (χ4v) is 3.57. The van der Waals surface area contributed by atoms with Crippen LogP contribution in [0.5, 0.6) is 5.75 Å². The van der Waals surface area contributed by atoms with Gasteiger partial charge in [0.15, 0.2) is 0 Å². The monoisotopic (exact) mass is 386 g/mol. The Morgan fingerprint density at radius 2 is 1.96 bits per heavy atom. The number of carbonyl (C=O) groups is 1. The maximum atomic E-state index is 14.2. The minimum atomic E-state index is -0.678. The molecule has 1 amide bonds. The summed E-state index contributed by atoms with van der Waals surface area (Å²) < 4.78 is 19.4. The molecule has 7 heteroatoms. The number of hydrogen-bond acceptors (Lipinski definition) is 5. The summed E-state index contributed by atoms with van der Waals surface area (Å²) in [5, 5.41) is 3.00. The largest absolute Gasteiger partial charge is 0.497 e. The third-order valence-corrected chi connectivity index (χ3v) is 5.07. The zero-order valence-electron chi connectivity index (χ0n) is 16.4. The quantitative estimate of drug-likeness (QED) is 0.680. The van der Waals surface area contributed by atoms with Crippen LogP contribution in [0.1, 0.15) is 23.2 Å². The number of amides is 1. The van der Waals surface area contributed by atoms with Crippen molar-refractivity contribution in [1.29, 1.82) is 0 Å². The van der Waals surface area contributed by atoms with Gasteiger partial charge in [0.1, 0.15) is 17.6 Å². The Kier molecular flexibility index (Phi) is 6.61. The first-order valence-corrected chi connectivity index (χ1v) is 9.32. The van der Waals surface area contributed by atoms with E-state index in [1.54, 1.807) is 44.3 Å². The summed E-state index contributed by atoms with van der Waals surface area (Å²) >= 11 is 0. The number of hydrazine groups is 1. The minimum Gasteiger partial charge on any atom is -0.497 e. The topological polar surface area (TPSA) is 65.6 Å². The van der Waals surface area contributed by atoms with Crippen molar-refractivity contribution in [1.82, 2.24) is 21.1 Å². The molecular formula is C21H27FN4O2. The van der Waals surface area contributed by atoms with Crippen molar-refractivity contribution in [3.63, 3.8) is 0 Å². The van der Waals surface area contributed by atoms with Crippen molar-refractivity contribution in [2.75, 3.05) is 34.3 Å². The van der Waals surface area contributed by atoms with E-state index >= 15 is 0 Å². The van der Waals surface area contributed by atoms with Gasteiger partial charge in [-0.1, -0.05) is 30.3 Å². The van der Waals surface area contributed by atoms with E-state index in [1.165, 1.54) is 6.07 Å². The highest BCUT2D eigenvalue weighted by molar-refractivity contribution is 5.83. The van der Waals surface area contributed by atoms with Crippen molar-refractivity contribution in [3.8, 4) is 5.75 Å². The van der Waals surface area contributed by atoms with Crippen molar-refractivity contribution in [2.45, 2.75) is 12.1 Å². The number of ether oxygens (including phenoxy) is 1. The lowest BCUT2D eigenvalue weighted by molar-refractivity contribution is -0.126. The van der Waals surface area contributed by atoms with Crippen LogP contribution < -0.4 is 20.9 Å². The molecule has 3 rings (SSSR count). The number of benzene rings is 2. The summed E-state index contributed by atoms with van der Waals surface area (Å²) in [7, 11) is 5.19. The molecule has 0 radical (unpaired) electrons. The Bertz CT molecular complexity index is 797. The molecule has 2 aromatic rings. The number of rotatable bonds is 7. The Balaban J connectivity index is 1.67. The number of nitrogens with zero attached hydrogens (tertiary/aromatic N) is 1. The van der Waals surface area contributed by atoms with Gasteiger partial charge in [-0.2, -0.15) is 0 Å². The van der Waals surface area contributed by atoms with Gasteiger partial charge in [-0.15, -0.1) is 0 Å². The summed E-state index contributed by atoms with van der Waals surface area (Å²) in [6.07, 6.45) is 0. The minimum absolute atomic E-state index is 0.0671. The summed E-state index contributed by atoms with van der Waals surface area (Å²) in [6.45, 7) is 1.21. The summed E-state index contributed by atoms with van der Waals surface area (Å²) in [4.78, 5) is 14.6. The fraction of sp³-hybridized carbons (Fsp3) is 0.381. The summed E-state index contributed by atoms with van der Waals surface area (Å²) in [6, 6.07) is 13.7. The van der Waals surface area contributed by atoms with Gasteiger partial charge in [-0.05, 0) is 37.9 Å². The molecule has 3 N–H and O–H groups in total. The van der Waals surface area contributed by atoms with Gasteiger partial charge in [0.2, 0.25) is 5.91 Å². The zero-order valence-corrected chi connectivity index (χ0v) is 16.4. The second kappa shape index (κ2) is 9.14.